The third-order valence-electron chi connectivity index (χ3n) is 4.68. The van der Waals surface area contributed by atoms with E-state index in [2.05, 4.69) is 33.3 Å². The van der Waals surface area contributed by atoms with Crippen molar-refractivity contribution in [1.82, 2.24) is 9.78 Å². The topological polar surface area (TPSA) is 78.5 Å². The molecule has 4 aromatic rings. The summed E-state index contributed by atoms with van der Waals surface area (Å²) in [5.74, 6) is 1.83. The van der Waals surface area contributed by atoms with Crippen LogP contribution in [0.15, 0.2) is 81.9 Å². The zero-order valence-corrected chi connectivity index (χ0v) is 19.0. The molecule has 0 aliphatic rings. The lowest BCUT2D eigenvalue weighted by Gasteiger charge is -2.06. The molecule has 0 saturated carbocycles. The second-order valence-corrected chi connectivity index (χ2v) is 7.83. The summed E-state index contributed by atoms with van der Waals surface area (Å²) in [5.41, 5.74) is 1.80. The van der Waals surface area contributed by atoms with Crippen molar-refractivity contribution in [3.05, 3.63) is 94.6 Å². The van der Waals surface area contributed by atoms with Crippen molar-refractivity contribution >= 4 is 27.5 Å². The van der Waals surface area contributed by atoms with E-state index in [4.69, 9.17) is 13.9 Å². The number of anilines is 1. The number of benzene rings is 2. The van der Waals surface area contributed by atoms with Crippen LogP contribution in [0.4, 0.5) is 5.69 Å². The van der Waals surface area contributed by atoms with Gasteiger partial charge in [0.15, 0.2) is 12.5 Å². The molecule has 7 nitrogen and oxygen atoms in total. The Bertz CT molecular complexity index is 1180. The molecule has 2 heterocycles. The fraction of sp³-hybridized carbons (Fsp3) is 0.167. The SMILES string of the molecule is CCc1ccc(OCn2cc(NC(=O)c3ccc(COc4ccccc4Br)o3)cn2)cc1. The zero-order valence-electron chi connectivity index (χ0n) is 17.5. The summed E-state index contributed by atoms with van der Waals surface area (Å²) >= 11 is 3.43. The van der Waals surface area contributed by atoms with Gasteiger partial charge in [0.05, 0.1) is 22.6 Å². The average molecular weight is 496 g/mol. The molecule has 0 spiro atoms. The maximum Gasteiger partial charge on any atom is 0.291 e. The van der Waals surface area contributed by atoms with Gasteiger partial charge in [-0.2, -0.15) is 5.10 Å². The molecule has 0 saturated heterocycles. The molecule has 8 heteroatoms. The van der Waals surface area contributed by atoms with Gasteiger partial charge in [0.1, 0.15) is 23.9 Å². The van der Waals surface area contributed by atoms with E-state index < -0.39 is 0 Å². The van der Waals surface area contributed by atoms with Crippen LogP contribution in [0.2, 0.25) is 0 Å². The Hall–Kier alpha value is -3.52. The van der Waals surface area contributed by atoms with Crippen LogP contribution in [-0.2, 0) is 19.8 Å². The molecule has 0 bridgehead atoms. The van der Waals surface area contributed by atoms with Gasteiger partial charge in [-0.25, -0.2) is 4.68 Å². The smallest absolute Gasteiger partial charge is 0.291 e. The average Bonchev–Trinajstić information content (AvgIpc) is 3.47. The third-order valence-corrected chi connectivity index (χ3v) is 5.33. The molecule has 164 valence electrons. The second-order valence-electron chi connectivity index (χ2n) is 6.98. The number of ether oxygens (including phenoxy) is 2. The van der Waals surface area contributed by atoms with E-state index >= 15 is 0 Å². The van der Waals surface area contributed by atoms with E-state index in [0.717, 1.165) is 16.6 Å². The molecule has 2 aromatic carbocycles. The highest BCUT2D eigenvalue weighted by Gasteiger charge is 2.13. The van der Waals surface area contributed by atoms with Crippen molar-refractivity contribution < 1.29 is 18.7 Å². The summed E-state index contributed by atoms with van der Waals surface area (Å²) in [6.45, 7) is 2.56. The van der Waals surface area contributed by atoms with E-state index in [1.807, 2.05) is 48.5 Å². The van der Waals surface area contributed by atoms with Crippen LogP contribution in [0.25, 0.3) is 0 Å². The van der Waals surface area contributed by atoms with Crippen LogP contribution >= 0.6 is 15.9 Å². The number of furan rings is 1. The van der Waals surface area contributed by atoms with Crippen molar-refractivity contribution in [2.45, 2.75) is 26.7 Å². The van der Waals surface area contributed by atoms with E-state index in [1.165, 1.54) is 5.56 Å². The number of amides is 1. The molecule has 1 N–H and O–H groups in total. The number of hydrogen-bond donors (Lipinski definition) is 1. The van der Waals surface area contributed by atoms with Gasteiger partial charge in [-0.05, 0) is 64.3 Å². The van der Waals surface area contributed by atoms with Crippen LogP contribution in [0.5, 0.6) is 11.5 Å². The third kappa shape index (κ3) is 5.59. The van der Waals surface area contributed by atoms with E-state index in [0.29, 0.717) is 17.2 Å². The Balaban J connectivity index is 1.28. The summed E-state index contributed by atoms with van der Waals surface area (Å²) in [6, 6.07) is 18.8. The van der Waals surface area contributed by atoms with E-state index in [1.54, 1.807) is 29.2 Å². The van der Waals surface area contributed by atoms with Crippen molar-refractivity contribution in [2.75, 3.05) is 5.32 Å². The lowest BCUT2D eigenvalue weighted by Crippen LogP contribution is -2.10. The van der Waals surface area contributed by atoms with Gasteiger partial charge in [0.2, 0.25) is 0 Å². The maximum absolute atomic E-state index is 12.5. The molecule has 2 aromatic heterocycles. The van der Waals surface area contributed by atoms with Gasteiger partial charge >= 0.3 is 0 Å². The van der Waals surface area contributed by atoms with Gasteiger partial charge in [-0.3, -0.25) is 4.79 Å². The van der Waals surface area contributed by atoms with Gasteiger partial charge < -0.3 is 19.2 Å². The highest BCUT2D eigenvalue weighted by Crippen LogP contribution is 2.25. The van der Waals surface area contributed by atoms with Crippen LogP contribution in [0.1, 0.15) is 28.8 Å². The first-order chi connectivity index (χ1) is 15.6. The number of aryl methyl sites for hydroxylation is 1. The summed E-state index contributed by atoms with van der Waals surface area (Å²) < 4.78 is 19.5. The molecule has 0 aliphatic heterocycles. The second kappa shape index (κ2) is 10.2. The standard InChI is InChI=1S/C24H22BrN3O4/c1-2-17-7-9-19(10-8-17)31-16-28-14-18(13-26-28)27-24(29)23-12-11-20(32-23)15-30-22-6-4-3-5-21(22)25/h3-14H,2,15-16H2,1H3,(H,27,29). The number of carbonyl (C=O) groups is 1. The van der Waals surface area contributed by atoms with Crippen LogP contribution in [0.3, 0.4) is 0 Å². The number of rotatable bonds is 9. The number of nitrogens with one attached hydrogen (secondary N) is 1. The zero-order chi connectivity index (χ0) is 22.3. The van der Waals surface area contributed by atoms with Crippen molar-refractivity contribution in [3.63, 3.8) is 0 Å². The lowest BCUT2D eigenvalue weighted by atomic mass is 10.2. The monoisotopic (exact) mass is 495 g/mol. The Labute approximate surface area is 194 Å². The minimum Gasteiger partial charge on any atom is -0.484 e. The molecule has 4 rings (SSSR count). The normalized spacial score (nSPS) is 10.7. The van der Waals surface area contributed by atoms with Crippen LogP contribution in [-0.4, -0.2) is 15.7 Å². The first kappa shape index (κ1) is 21.7. The van der Waals surface area contributed by atoms with E-state index in [9.17, 15) is 4.79 Å². The fourth-order valence-electron chi connectivity index (χ4n) is 2.94. The number of para-hydroxylation sites is 1. The highest BCUT2D eigenvalue weighted by molar-refractivity contribution is 9.10. The van der Waals surface area contributed by atoms with Gasteiger partial charge in [-0.1, -0.05) is 31.2 Å². The Morgan fingerprint density at radius 3 is 2.69 bits per heavy atom. The number of carbonyl (C=O) groups excluding carboxylic acids is 1. The van der Waals surface area contributed by atoms with E-state index in [-0.39, 0.29) is 25.0 Å². The molecule has 0 atom stereocenters. The maximum atomic E-state index is 12.5. The molecular formula is C24H22BrN3O4. The van der Waals surface area contributed by atoms with Crippen LogP contribution in [0, 0.1) is 0 Å². The summed E-state index contributed by atoms with van der Waals surface area (Å²) in [4.78, 5) is 12.5. The largest absolute Gasteiger partial charge is 0.484 e. The number of hydrogen-bond acceptors (Lipinski definition) is 5. The quantitative estimate of drug-likeness (QED) is 0.323. The van der Waals surface area contributed by atoms with Gasteiger partial charge in [0, 0.05) is 0 Å². The van der Waals surface area contributed by atoms with Crippen LogP contribution < -0.4 is 14.8 Å². The summed E-state index contributed by atoms with van der Waals surface area (Å²) in [5, 5.41) is 6.98. The molecule has 1 amide bonds. The molecule has 0 aliphatic carbocycles. The number of aromatic nitrogens is 2. The molecule has 32 heavy (non-hydrogen) atoms. The fourth-order valence-corrected chi connectivity index (χ4v) is 3.34. The molecule has 0 radical (unpaired) electrons. The Morgan fingerprint density at radius 2 is 1.91 bits per heavy atom. The van der Waals surface area contributed by atoms with Crippen molar-refractivity contribution in [1.29, 1.82) is 0 Å². The number of nitrogens with zero attached hydrogens (tertiary/aromatic N) is 2. The predicted octanol–water partition coefficient (Wildman–Crippen LogP) is 5.67. The van der Waals surface area contributed by atoms with Gasteiger partial charge in [-0.15, -0.1) is 0 Å². The molecule has 0 fully saturated rings. The first-order valence-corrected chi connectivity index (χ1v) is 10.9. The minimum atomic E-state index is -0.368. The van der Waals surface area contributed by atoms with Crippen molar-refractivity contribution in [2.24, 2.45) is 0 Å². The first-order valence-electron chi connectivity index (χ1n) is 10.1. The Kier molecular flexibility index (Phi) is 6.91. The number of halogens is 1. The van der Waals surface area contributed by atoms with Gasteiger partial charge in [0.25, 0.3) is 5.91 Å². The Morgan fingerprint density at radius 1 is 1.09 bits per heavy atom. The highest BCUT2D eigenvalue weighted by atomic mass is 79.9. The summed E-state index contributed by atoms with van der Waals surface area (Å²) in [7, 11) is 0. The molecular weight excluding hydrogens is 474 g/mol. The summed E-state index contributed by atoms with van der Waals surface area (Å²) in [6.07, 6.45) is 4.23. The molecule has 0 unspecified atom stereocenters. The predicted molar refractivity (Wildman–Crippen MR) is 124 cm³/mol. The van der Waals surface area contributed by atoms with Crippen molar-refractivity contribution in [3.8, 4) is 11.5 Å². The lowest BCUT2D eigenvalue weighted by molar-refractivity contribution is 0.0992. The minimum absolute atomic E-state index is 0.191.